The number of halogens is 2. The Morgan fingerprint density at radius 3 is 2.32 bits per heavy atom. The maximum Gasteiger partial charge on any atom is 0.255 e. The van der Waals surface area contributed by atoms with E-state index in [1.165, 1.54) is 45.8 Å². The Bertz CT molecular complexity index is 1470. The second kappa shape index (κ2) is 10.2. The molecule has 2 aromatic carbocycles. The number of amides is 2. The number of nitrogens with two attached hydrogens (primary N) is 1. The Morgan fingerprint density at radius 1 is 0.973 bits per heavy atom. The molecule has 5 nitrogen and oxygen atoms in total. The molecule has 37 heavy (non-hydrogen) atoms. The number of primary amides is 1. The molecule has 0 saturated carbocycles. The van der Waals surface area contributed by atoms with Gasteiger partial charge in [0.1, 0.15) is 11.9 Å². The van der Waals surface area contributed by atoms with Crippen molar-refractivity contribution in [2.24, 2.45) is 11.7 Å². The summed E-state index contributed by atoms with van der Waals surface area (Å²) in [5.74, 6) is -3.63. The third kappa shape index (κ3) is 4.61. The summed E-state index contributed by atoms with van der Waals surface area (Å²) in [6.45, 7) is 1.90. The van der Waals surface area contributed by atoms with Crippen LogP contribution in [0.2, 0.25) is 5.02 Å². The Balaban J connectivity index is 1.77. The molecule has 1 fully saturated rings. The molecule has 4 atom stereocenters. The lowest BCUT2D eigenvalue weighted by Crippen LogP contribution is -2.46. The average molecular weight is 553 g/mol. The second-order valence-electron chi connectivity index (χ2n) is 8.93. The smallest absolute Gasteiger partial charge is 0.255 e. The predicted octanol–water partition coefficient (Wildman–Crippen LogP) is 6.24. The lowest BCUT2D eigenvalue weighted by Gasteiger charge is -2.30. The minimum atomic E-state index is -1.16. The lowest BCUT2D eigenvalue weighted by molar-refractivity contribution is -0.122. The van der Waals surface area contributed by atoms with Gasteiger partial charge in [0, 0.05) is 21.4 Å². The molecular weight excluding hydrogens is 531 g/mol. The molecule has 5 rings (SSSR count). The van der Waals surface area contributed by atoms with Gasteiger partial charge in [-0.2, -0.15) is 0 Å². The summed E-state index contributed by atoms with van der Waals surface area (Å²) in [4.78, 5) is 44.0. The molecule has 4 unspecified atom stereocenters. The molecule has 1 aliphatic heterocycles. The Kier molecular flexibility index (Phi) is 6.98. The van der Waals surface area contributed by atoms with Gasteiger partial charge in [-0.25, -0.2) is 4.39 Å². The van der Waals surface area contributed by atoms with Crippen LogP contribution in [-0.4, -0.2) is 28.5 Å². The summed E-state index contributed by atoms with van der Waals surface area (Å²) in [5.41, 5.74) is 7.61. The van der Waals surface area contributed by atoms with Crippen molar-refractivity contribution in [2.75, 3.05) is 0 Å². The molecule has 0 bridgehead atoms. The average Bonchev–Trinajstić information content (AvgIpc) is 3.62. The summed E-state index contributed by atoms with van der Waals surface area (Å²) in [7, 11) is 0. The fourth-order valence-corrected chi connectivity index (χ4v) is 7.10. The van der Waals surface area contributed by atoms with Crippen LogP contribution in [0.1, 0.15) is 48.0 Å². The minimum Gasteiger partial charge on any atom is -0.368 e. The number of ketones is 1. The van der Waals surface area contributed by atoms with Crippen LogP contribution in [0.5, 0.6) is 0 Å². The molecular formula is C28H22ClFN2O3S2. The number of nitrogens with zero attached hydrogens (tertiary/aromatic N) is 1. The van der Waals surface area contributed by atoms with Gasteiger partial charge in [-0.05, 0) is 71.3 Å². The van der Waals surface area contributed by atoms with Crippen molar-refractivity contribution in [3.8, 4) is 0 Å². The summed E-state index contributed by atoms with van der Waals surface area (Å²) >= 11 is 8.86. The van der Waals surface area contributed by atoms with Crippen LogP contribution >= 0.6 is 34.3 Å². The molecule has 2 amide bonds. The summed E-state index contributed by atoms with van der Waals surface area (Å²) in [6, 6.07) is 15.7. The van der Waals surface area contributed by atoms with Crippen molar-refractivity contribution >= 4 is 51.9 Å². The quantitative estimate of drug-likeness (QED) is 0.287. The number of hydrogen-bond acceptors (Lipinski definition) is 5. The van der Waals surface area contributed by atoms with Crippen molar-refractivity contribution in [1.82, 2.24) is 4.90 Å². The van der Waals surface area contributed by atoms with Gasteiger partial charge in [0.15, 0.2) is 5.78 Å². The second-order valence-corrected chi connectivity index (χ2v) is 11.3. The van der Waals surface area contributed by atoms with Crippen molar-refractivity contribution < 1.29 is 18.8 Å². The van der Waals surface area contributed by atoms with Crippen LogP contribution in [0.3, 0.4) is 0 Å². The summed E-state index contributed by atoms with van der Waals surface area (Å²) in [6.07, 6.45) is 0. The molecule has 1 saturated heterocycles. The molecule has 3 heterocycles. The molecule has 4 aromatic rings. The fraction of sp³-hybridized carbons (Fsp3) is 0.179. The number of rotatable bonds is 6. The zero-order valence-electron chi connectivity index (χ0n) is 19.6. The first-order chi connectivity index (χ1) is 17.8. The third-order valence-corrected chi connectivity index (χ3v) is 8.98. The lowest BCUT2D eigenvalue weighted by atomic mass is 9.78. The van der Waals surface area contributed by atoms with Gasteiger partial charge in [-0.15, -0.1) is 22.7 Å². The van der Waals surface area contributed by atoms with Gasteiger partial charge in [0.2, 0.25) is 5.91 Å². The Labute approximate surface area is 226 Å². The van der Waals surface area contributed by atoms with Gasteiger partial charge < -0.3 is 10.6 Å². The Hall–Kier alpha value is -3.33. The van der Waals surface area contributed by atoms with Crippen LogP contribution in [0.25, 0.3) is 0 Å². The summed E-state index contributed by atoms with van der Waals surface area (Å²) in [5, 5.41) is 4.19. The molecule has 0 aliphatic carbocycles. The van der Waals surface area contributed by atoms with Crippen LogP contribution < -0.4 is 5.73 Å². The maximum atomic E-state index is 14.1. The zero-order valence-corrected chi connectivity index (χ0v) is 22.0. The maximum absolute atomic E-state index is 14.1. The highest BCUT2D eigenvalue weighted by atomic mass is 35.5. The number of Topliss-reactive ketones (excluding diaryl/α,β-unsaturated/α-hetero) is 1. The van der Waals surface area contributed by atoms with Crippen LogP contribution in [-0.2, 0) is 4.79 Å². The highest BCUT2D eigenvalue weighted by molar-refractivity contribution is 7.12. The highest BCUT2D eigenvalue weighted by Crippen LogP contribution is 2.53. The SMILES string of the molecule is Cc1ccsc1C1C(C(=O)c2cccs2)C(c2ccc(Cl)cc2)C(C(N)=O)N1C(=O)c1cccc(F)c1. The first-order valence-electron chi connectivity index (χ1n) is 11.5. The van der Waals surface area contributed by atoms with Gasteiger partial charge in [0.05, 0.1) is 16.8 Å². The van der Waals surface area contributed by atoms with E-state index >= 15 is 0 Å². The van der Waals surface area contributed by atoms with Crippen molar-refractivity contribution in [1.29, 1.82) is 0 Å². The highest BCUT2D eigenvalue weighted by Gasteiger charge is 2.57. The minimum absolute atomic E-state index is 0.0736. The van der Waals surface area contributed by atoms with E-state index in [1.54, 1.807) is 36.4 Å². The number of likely N-dealkylation sites (tertiary alicyclic amines) is 1. The molecule has 1 aliphatic rings. The molecule has 9 heteroatoms. The first-order valence-corrected chi connectivity index (χ1v) is 13.7. The van der Waals surface area contributed by atoms with Crippen LogP contribution in [0.4, 0.5) is 4.39 Å². The monoisotopic (exact) mass is 552 g/mol. The summed E-state index contributed by atoms with van der Waals surface area (Å²) < 4.78 is 14.1. The molecule has 2 N–H and O–H groups in total. The normalized spacial score (nSPS) is 21.2. The molecule has 188 valence electrons. The number of carbonyl (C=O) groups is 3. The predicted molar refractivity (Wildman–Crippen MR) is 144 cm³/mol. The van der Waals surface area contributed by atoms with Gasteiger partial charge in [-0.1, -0.05) is 35.9 Å². The van der Waals surface area contributed by atoms with Gasteiger partial charge in [0.25, 0.3) is 5.91 Å². The van der Waals surface area contributed by atoms with E-state index in [4.69, 9.17) is 17.3 Å². The van der Waals surface area contributed by atoms with Crippen LogP contribution in [0, 0.1) is 18.7 Å². The number of hydrogen-bond donors (Lipinski definition) is 1. The van der Waals surface area contributed by atoms with E-state index in [0.29, 0.717) is 15.5 Å². The Morgan fingerprint density at radius 2 is 1.73 bits per heavy atom. The van der Waals surface area contributed by atoms with E-state index in [9.17, 15) is 18.8 Å². The molecule has 2 aromatic heterocycles. The standard InChI is InChI=1S/C28H22ClFN2O3S2/c1-15-11-13-37-26(15)23-22(25(33)20-6-3-12-36-20)21(16-7-9-18(29)10-8-16)24(27(31)34)32(23)28(35)17-4-2-5-19(30)14-17/h2-14,21-24H,1H3,(H2,31,34). The molecule has 0 spiro atoms. The number of thiophene rings is 2. The van der Waals surface area contributed by atoms with E-state index in [2.05, 4.69) is 0 Å². The number of carbonyl (C=O) groups excluding carboxylic acids is 3. The first kappa shape index (κ1) is 25.3. The topological polar surface area (TPSA) is 80.5 Å². The molecule has 0 radical (unpaired) electrons. The van der Waals surface area contributed by atoms with E-state index < -0.39 is 41.6 Å². The van der Waals surface area contributed by atoms with Crippen molar-refractivity contribution in [3.05, 3.63) is 115 Å². The van der Waals surface area contributed by atoms with E-state index in [0.717, 1.165) is 16.5 Å². The van der Waals surface area contributed by atoms with Gasteiger partial charge in [-0.3, -0.25) is 14.4 Å². The van der Waals surface area contributed by atoms with Gasteiger partial charge >= 0.3 is 0 Å². The number of benzene rings is 2. The number of aryl methyl sites for hydroxylation is 1. The van der Waals surface area contributed by atoms with Crippen molar-refractivity contribution in [2.45, 2.75) is 24.9 Å². The largest absolute Gasteiger partial charge is 0.368 e. The van der Waals surface area contributed by atoms with E-state index in [1.807, 2.05) is 23.8 Å². The zero-order chi connectivity index (χ0) is 26.3. The fourth-order valence-electron chi connectivity index (χ4n) is 5.19. The van der Waals surface area contributed by atoms with Crippen molar-refractivity contribution in [3.63, 3.8) is 0 Å². The van der Waals surface area contributed by atoms with Crippen LogP contribution in [0.15, 0.2) is 77.5 Å². The van der Waals surface area contributed by atoms with E-state index in [-0.39, 0.29) is 11.3 Å². The third-order valence-electron chi connectivity index (χ3n) is 6.76.